The molecular formula is C23H25NO. The topological polar surface area (TPSA) is 21.3 Å². The highest BCUT2D eigenvalue weighted by molar-refractivity contribution is 5.33. The molecule has 1 N–H and O–H groups in total. The van der Waals surface area contributed by atoms with Crippen LogP contribution in [0.4, 0.5) is 0 Å². The molecule has 0 bridgehead atoms. The molecule has 0 spiro atoms. The van der Waals surface area contributed by atoms with Crippen molar-refractivity contribution in [1.82, 2.24) is 5.32 Å². The summed E-state index contributed by atoms with van der Waals surface area (Å²) in [7, 11) is 0. The fourth-order valence-electron chi connectivity index (χ4n) is 2.84. The highest BCUT2D eigenvalue weighted by atomic mass is 16.5. The third-order valence-corrected chi connectivity index (χ3v) is 4.36. The van der Waals surface area contributed by atoms with Gasteiger partial charge in [-0.3, -0.25) is 0 Å². The molecule has 0 unspecified atom stereocenters. The molecule has 0 aromatic heterocycles. The number of nitrogens with one attached hydrogen (secondary N) is 1. The zero-order valence-corrected chi connectivity index (χ0v) is 14.7. The van der Waals surface area contributed by atoms with Gasteiger partial charge >= 0.3 is 0 Å². The molecule has 2 nitrogen and oxygen atoms in total. The molecule has 0 saturated carbocycles. The summed E-state index contributed by atoms with van der Waals surface area (Å²) < 4.78 is 6.04. The lowest BCUT2D eigenvalue weighted by molar-refractivity contribution is 0.317. The van der Waals surface area contributed by atoms with Gasteiger partial charge in [0.2, 0.25) is 0 Å². The number of hydrogen-bond acceptors (Lipinski definition) is 2. The van der Waals surface area contributed by atoms with Crippen molar-refractivity contribution in [2.45, 2.75) is 25.9 Å². The van der Waals surface area contributed by atoms with Gasteiger partial charge in [-0.15, -0.1) is 0 Å². The van der Waals surface area contributed by atoms with Gasteiger partial charge in [-0.25, -0.2) is 0 Å². The summed E-state index contributed by atoms with van der Waals surface area (Å²) in [5.41, 5.74) is 3.79. The Labute approximate surface area is 150 Å². The third kappa shape index (κ3) is 5.20. The van der Waals surface area contributed by atoms with Crippen LogP contribution >= 0.6 is 0 Å². The van der Waals surface area contributed by atoms with Gasteiger partial charge in [-0.05, 0) is 24.1 Å². The summed E-state index contributed by atoms with van der Waals surface area (Å²) in [5.74, 6) is 0.964. The Hall–Kier alpha value is -2.58. The first-order valence-corrected chi connectivity index (χ1v) is 8.86. The van der Waals surface area contributed by atoms with Crippen LogP contribution in [0, 0.1) is 0 Å². The van der Waals surface area contributed by atoms with Crippen molar-refractivity contribution in [2.24, 2.45) is 0 Å². The molecule has 0 saturated heterocycles. The van der Waals surface area contributed by atoms with Crippen LogP contribution in [0.3, 0.4) is 0 Å². The van der Waals surface area contributed by atoms with Crippen LogP contribution in [-0.4, -0.2) is 6.61 Å². The monoisotopic (exact) mass is 331 g/mol. The van der Waals surface area contributed by atoms with Gasteiger partial charge in [-0.2, -0.15) is 0 Å². The van der Waals surface area contributed by atoms with E-state index in [9.17, 15) is 0 Å². The minimum Gasteiger partial charge on any atom is -0.493 e. The fourth-order valence-corrected chi connectivity index (χ4v) is 2.84. The van der Waals surface area contributed by atoms with Crippen molar-refractivity contribution in [2.75, 3.05) is 6.61 Å². The average Bonchev–Trinajstić information content (AvgIpc) is 2.68. The number of ether oxygens (including phenoxy) is 1. The largest absolute Gasteiger partial charge is 0.493 e. The quantitative estimate of drug-likeness (QED) is 0.615. The van der Waals surface area contributed by atoms with Crippen LogP contribution in [-0.2, 0) is 13.0 Å². The first kappa shape index (κ1) is 17.2. The van der Waals surface area contributed by atoms with Crippen molar-refractivity contribution in [1.29, 1.82) is 0 Å². The standard InChI is InChI=1S/C23H25NO/c1-19(21-12-6-3-7-13-21)24-18-22-14-8-9-15-23(22)25-17-16-20-10-4-2-5-11-20/h2-15,19,24H,16-18H2,1H3/t19-/m0/s1. The van der Waals surface area contributed by atoms with E-state index >= 15 is 0 Å². The minimum absolute atomic E-state index is 0.304. The third-order valence-electron chi connectivity index (χ3n) is 4.36. The zero-order chi connectivity index (χ0) is 17.3. The SMILES string of the molecule is C[C@H](NCc1ccccc1OCCc1ccccc1)c1ccccc1. The van der Waals surface area contributed by atoms with E-state index in [-0.39, 0.29) is 0 Å². The molecular weight excluding hydrogens is 306 g/mol. The summed E-state index contributed by atoms with van der Waals surface area (Å²) in [4.78, 5) is 0. The van der Waals surface area contributed by atoms with E-state index in [4.69, 9.17) is 4.74 Å². The molecule has 0 heterocycles. The number of rotatable bonds is 8. The smallest absolute Gasteiger partial charge is 0.123 e. The Bertz CT molecular complexity index is 755. The summed E-state index contributed by atoms with van der Waals surface area (Å²) in [6.07, 6.45) is 0.920. The van der Waals surface area contributed by atoms with Gasteiger partial charge in [0.25, 0.3) is 0 Å². The number of benzene rings is 3. The molecule has 0 fully saturated rings. The van der Waals surface area contributed by atoms with E-state index < -0.39 is 0 Å². The van der Waals surface area contributed by atoms with Gasteiger partial charge in [0.05, 0.1) is 6.61 Å². The van der Waals surface area contributed by atoms with Crippen LogP contribution in [0.25, 0.3) is 0 Å². The molecule has 0 amide bonds. The fraction of sp³-hybridized carbons (Fsp3) is 0.217. The number of hydrogen-bond donors (Lipinski definition) is 1. The van der Waals surface area contributed by atoms with Crippen molar-refractivity contribution in [3.63, 3.8) is 0 Å². The maximum atomic E-state index is 6.04. The Morgan fingerprint density at radius 1 is 0.800 bits per heavy atom. The summed E-state index contributed by atoms with van der Waals surface area (Å²) in [6.45, 7) is 3.67. The lowest BCUT2D eigenvalue weighted by Crippen LogP contribution is -2.18. The molecule has 2 heteroatoms. The summed E-state index contributed by atoms with van der Waals surface area (Å²) >= 11 is 0. The van der Waals surface area contributed by atoms with E-state index in [1.165, 1.54) is 16.7 Å². The lowest BCUT2D eigenvalue weighted by atomic mass is 10.1. The first-order valence-electron chi connectivity index (χ1n) is 8.86. The van der Waals surface area contributed by atoms with Gasteiger partial charge in [0.15, 0.2) is 0 Å². The van der Waals surface area contributed by atoms with Crippen LogP contribution in [0.15, 0.2) is 84.9 Å². The Morgan fingerprint density at radius 3 is 2.20 bits per heavy atom. The molecule has 128 valence electrons. The molecule has 3 aromatic carbocycles. The Kier molecular flexibility index (Phi) is 6.24. The average molecular weight is 331 g/mol. The van der Waals surface area contributed by atoms with Gasteiger partial charge < -0.3 is 10.1 Å². The second kappa shape index (κ2) is 9.05. The summed E-state index contributed by atoms with van der Waals surface area (Å²) in [6, 6.07) is 29.5. The van der Waals surface area contributed by atoms with Gasteiger partial charge in [-0.1, -0.05) is 78.9 Å². The molecule has 0 aliphatic heterocycles. The van der Waals surface area contributed by atoms with Crippen molar-refractivity contribution < 1.29 is 4.74 Å². The van der Waals surface area contributed by atoms with Crippen LogP contribution in [0.2, 0.25) is 0 Å². The van der Waals surface area contributed by atoms with Gasteiger partial charge in [0, 0.05) is 24.6 Å². The van der Waals surface area contributed by atoms with Crippen molar-refractivity contribution in [3.05, 3.63) is 102 Å². The van der Waals surface area contributed by atoms with E-state index in [2.05, 4.69) is 79.0 Å². The van der Waals surface area contributed by atoms with Crippen LogP contribution in [0.1, 0.15) is 29.7 Å². The van der Waals surface area contributed by atoms with E-state index in [1.54, 1.807) is 0 Å². The number of para-hydroxylation sites is 1. The predicted octanol–water partition coefficient (Wildman–Crippen LogP) is 5.16. The predicted molar refractivity (Wildman–Crippen MR) is 104 cm³/mol. The van der Waals surface area contributed by atoms with E-state index in [0.29, 0.717) is 12.6 Å². The maximum absolute atomic E-state index is 6.04. The van der Waals surface area contributed by atoms with Crippen LogP contribution < -0.4 is 10.1 Å². The first-order chi connectivity index (χ1) is 12.3. The van der Waals surface area contributed by atoms with E-state index in [0.717, 1.165) is 18.7 Å². The second-order valence-electron chi connectivity index (χ2n) is 6.21. The normalized spacial score (nSPS) is 11.9. The molecule has 0 radical (unpaired) electrons. The molecule has 0 aliphatic carbocycles. The zero-order valence-electron chi connectivity index (χ0n) is 14.7. The molecule has 25 heavy (non-hydrogen) atoms. The molecule has 0 aliphatic rings. The van der Waals surface area contributed by atoms with Crippen molar-refractivity contribution >= 4 is 0 Å². The Balaban J connectivity index is 1.55. The van der Waals surface area contributed by atoms with E-state index in [1.807, 2.05) is 18.2 Å². The lowest BCUT2D eigenvalue weighted by Gasteiger charge is -2.16. The summed E-state index contributed by atoms with van der Waals surface area (Å²) in [5, 5.41) is 3.58. The Morgan fingerprint density at radius 2 is 1.44 bits per heavy atom. The van der Waals surface area contributed by atoms with Crippen molar-refractivity contribution in [3.8, 4) is 5.75 Å². The highest BCUT2D eigenvalue weighted by Crippen LogP contribution is 2.20. The highest BCUT2D eigenvalue weighted by Gasteiger charge is 2.07. The molecule has 3 rings (SSSR count). The van der Waals surface area contributed by atoms with Gasteiger partial charge in [0.1, 0.15) is 5.75 Å². The second-order valence-corrected chi connectivity index (χ2v) is 6.21. The molecule has 1 atom stereocenters. The maximum Gasteiger partial charge on any atom is 0.123 e. The minimum atomic E-state index is 0.304. The molecule has 3 aromatic rings. The van der Waals surface area contributed by atoms with Crippen LogP contribution in [0.5, 0.6) is 5.75 Å².